The molecule has 28 heavy (non-hydrogen) atoms. The van der Waals surface area contributed by atoms with Gasteiger partial charge in [0.05, 0.1) is 23.0 Å². The van der Waals surface area contributed by atoms with Crippen molar-refractivity contribution in [3.8, 4) is 5.82 Å². The highest BCUT2D eigenvalue weighted by Crippen LogP contribution is 2.29. The summed E-state index contributed by atoms with van der Waals surface area (Å²) in [6, 6.07) is 2.48. The second-order valence-corrected chi connectivity index (χ2v) is 6.92. The van der Waals surface area contributed by atoms with Gasteiger partial charge in [-0.2, -0.15) is 18.3 Å². The number of carbonyl (C=O) groups is 1. The maximum Gasteiger partial charge on any atom is 0.417 e. The fourth-order valence-corrected chi connectivity index (χ4v) is 3.19. The van der Waals surface area contributed by atoms with Crippen LogP contribution in [0.2, 0.25) is 0 Å². The summed E-state index contributed by atoms with van der Waals surface area (Å²) in [4.78, 5) is 16.5. The van der Waals surface area contributed by atoms with Crippen molar-refractivity contribution in [2.45, 2.75) is 44.8 Å². The Labute approximate surface area is 167 Å². The van der Waals surface area contributed by atoms with Gasteiger partial charge in [0.1, 0.15) is 0 Å². The summed E-state index contributed by atoms with van der Waals surface area (Å²) in [5, 5.41) is 10.4. The summed E-state index contributed by atoms with van der Waals surface area (Å²) in [6.45, 7) is 5.27. The molecule has 2 aromatic heterocycles. The van der Waals surface area contributed by atoms with Gasteiger partial charge >= 0.3 is 6.18 Å². The van der Waals surface area contributed by atoms with Crippen molar-refractivity contribution in [2.75, 3.05) is 13.1 Å². The summed E-state index contributed by atoms with van der Waals surface area (Å²) < 4.78 is 39.6. The molecule has 2 aromatic rings. The van der Waals surface area contributed by atoms with Crippen molar-refractivity contribution in [2.24, 2.45) is 0 Å². The number of aromatic nitrogens is 3. The van der Waals surface area contributed by atoms with E-state index in [-0.39, 0.29) is 36.1 Å². The molecule has 154 valence electrons. The summed E-state index contributed by atoms with van der Waals surface area (Å²) in [7, 11) is 0. The number of halogens is 4. The Balaban J connectivity index is 0.00000280. The molecule has 0 saturated carbocycles. The summed E-state index contributed by atoms with van der Waals surface area (Å²) >= 11 is 0. The molecule has 0 aromatic carbocycles. The SMILES string of the molecule is CC(C)c1c(C(=O)NCC2CCCN2)cnn1-c1ccc(C(F)(F)F)cn1.Cl. The third kappa shape index (κ3) is 4.82. The molecule has 0 aliphatic carbocycles. The first-order chi connectivity index (χ1) is 12.8. The number of rotatable bonds is 5. The van der Waals surface area contributed by atoms with Crippen molar-refractivity contribution < 1.29 is 18.0 Å². The van der Waals surface area contributed by atoms with Crippen LogP contribution in [0.3, 0.4) is 0 Å². The first-order valence-corrected chi connectivity index (χ1v) is 8.90. The minimum atomic E-state index is -4.45. The van der Waals surface area contributed by atoms with Crippen LogP contribution in [0.1, 0.15) is 54.2 Å². The lowest BCUT2D eigenvalue weighted by molar-refractivity contribution is -0.137. The third-order valence-corrected chi connectivity index (χ3v) is 4.56. The smallest absolute Gasteiger partial charge is 0.350 e. The van der Waals surface area contributed by atoms with Crippen LogP contribution in [0, 0.1) is 0 Å². The Morgan fingerprint density at radius 1 is 1.36 bits per heavy atom. The molecular weight excluding hydrogens is 395 g/mol. The summed E-state index contributed by atoms with van der Waals surface area (Å²) in [5.41, 5.74) is 0.190. The van der Waals surface area contributed by atoms with Gasteiger partial charge in [-0.15, -0.1) is 12.4 Å². The van der Waals surface area contributed by atoms with Gasteiger partial charge in [-0.1, -0.05) is 13.8 Å². The van der Waals surface area contributed by atoms with Crippen molar-refractivity contribution in [1.29, 1.82) is 0 Å². The number of amides is 1. The Hall–Kier alpha value is -2.13. The van der Waals surface area contributed by atoms with Crippen LogP contribution in [0.4, 0.5) is 13.2 Å². The Kier molecular flexibility index (Phi) is 7.06. The largest absolute Gasteiger partial charge is 0.417 e. The molecule has 1 saturated heterocycles. The van der Waals surface area contributed by atoms with E-state index in [0.717, 1.165) is 31.6 Å². The molecule has 0 bridgehead atoms. The molecule has 1 unspecified atom stereocenters. The van der Waals surface area contributed by atoms with Crippen molar-refractivity contribution in [1.82, 2.24) is 25.4 Å². The average Bonchev–Trinajstić information content (AvgIpc) is 3.28. The van der Waals surface area contributed by atoms with E-state index < -0.39 is 11.7 Å². The van der Waals surface area contributed by atoms with Crippen LogP contribution in [-0.2, 0) is 6.18 Å². The molecule has 3 heterocycles. The molecule has 0 spiro atoms. The minimum absolute atomic E-state index is 0. The van der Waals surface area contributed by atoms with E-state index in [4.69, 9.17) is 0 Å². The molecule has 2 N–H and O–H groups in total. The normalized spacial score (nSPS) is 16.9. The zero-order chi connectivity index (χ0) is 19.6. The molecule has 1 atom stereocenters. The molecular formula is C18H23ClF3N5O. The monoisotopic (exact) mass is 417 g/mol. The number of hydrogen-bond acceptors (Lipinski definition) is 4. The highest BCUT2D eigenvalue weighted by atomic mass is 35.5. The number of carbonyl (C=O) groups excluding carboxylic acids is 1. The van der Waals surface area contributed by atoms with Gasteiger partial charge in [-0.3, -0.25) is 4.79 Å². The molecule has 1 aliphatic heterocycles. The van der Waals surface area contributed by atoms with Crippen LogP contribution >= 0.6 is 12.4 Å². The maximum absolute atomic E-state index is 12.7. The highest BCUT2D eigenvalue weighted by Gasteiger charge is 2.31. The second kappa shape index (κ2) is 8.91. The van der Waals surface area contributed by atoms with E-state index in [1.165, 1.54) is 16.9 Å². The van der Waals surface area contributed by atoms with Gasteiger partial charge in [0.2, 0.25) is 0 Å². The zero-order valence-electron chi connectivity index (χ0n) is 15.6. The minimum Gasteiger partial charge on any atom is -0.350 e. The van der Waals surface area contributed by atoms with Gasteiger partial charge < -0.3 is 10.6 Å². The molecule has 1 aliphatic rings. The standard InChI is InChI=1S/C18H22F3N5O.ClH/c1-11(2)16-14(17(27)24-9-13-4-3-7-22-13)10-25-26(16)15-6-5-12(8-23-15)18(19,20)21;/h5-6,8,10-11,13,22H,3-4,7,9H2,1-2H3,(H,24,27);1H. The fourth-order valence-electron chi connectivity index (χ4n) is 3.19. The topological polar surface area (TPSA) is 71.8 Å². The Morgan fingerprint density at radius 2 is 2.11 bits per heavy atom. The van der Waals surface area contributed by atoms with Crippen molar-refractivity contribution in [3.05, 3.63) is 41.3 Å². The van der Waals surface area contributed by atoms with Gasteiger partial charge in [-0.25, -0.2) is 9.67 Å². The number of nitrogens with zero attached hydrogens (tertiary/aromatic N) is 3. The van der Waals surface area contributed by atoms with Crippen LogP contribution < -0.4 is 10.6 Å². The van der Waals surface area contributed by atoms with Crippen LogP contribution in [0.5, 0.6) is 0 Å². The molecule has 1 amide bonds. The molecule has 10 heteroatoms. The van der Waals surface area contributed by atoms with E-state index >= 15 is 0 Å². The molecule has 1 fully saturated rings. The van der Waals surface area contributed by atoms with Crippen LogP contribution in [-0.4, -0.2) is 39.8 Å². The van der Waals surface area contributed by atoms with Crippen LogP contribution in [0.15, 0.2) is 24.5 Å². The number of nitrogens with one attached hydrogen (secondary N) is 2. The molecule has 6 nitrogen and oxygen atoms in total. The maximum atomic E-state index is 12.7. The van der Waals surface area contributed by atoms with Gasteiger partial charge in [0.25, 0.3) is 5.91 Å². The zero-order valence-corrected chi connectivity index (χ0v) is 16.4. The number of hydrogen-bond donors (Lipinski definition) is 2. The molecule has 0 radical (unpaired) electrons. The predicted molar refractivity (Wildman–Crippen MR) is 101 cm³/mol. The lowest BCUT2D eigenvalue weighted by atomic mass is 10.1. The second-order valence-electron chi connectivity index (χ2n) is 6.92. The number of alkyl halides is 3. The van der Waals surface area contributed by atoms with E-state index in [0.29, 0.717) is 17.8 Å². The number of pyridine rings is 1. The van der Waals surface area contributed by atoms with E-state index in [2.05, 4.69) is 20.7 Å². The first kappa shape index (κ1) is 22.2. The van der Waals surface area contributed by atoms with Gasteiger partial charge in [-0.05, 0) is 37.4 Å². The van der Waals surface area contributed by atoms with E-state index in [1.54, 1.807) is 0 Å². The molecule has 3 rings (SSSR count). The van der Waals surface area contributed by atoms with Gasteiger partial charge in [0.15, 0.2) is 5.82 Å². The summed E-state index contributed by atoms with van der Waals surface area (Å²) in [6.07, 6.45) is -0.129. The quantitative estimate of drug-likeness (QED) is 0.783. The third-order valence-electron chi connectivity index (χ3n) is 4.56. The van der Waals surface area contributed by atoms with Gasteiger partial charge in [0, 0.05) is 18.8 Å². The fraction of sp³-hybridized carbons (Fsp3) is 0.500. The first-order valence-electron chi connectivity index (χ1n) is 8.90. The van der Waals surface area contributed by atoms with Crippen molar-refractivity contribution >= 4 is 18.3 Å². The van der Waals surface area contributed by atoms with Crippen LogP contribution in [0.25, 0.3) is 5.82 Å². The Morgan fingerprint density at radius 3 is 2.64 bits per heavy atom. The Bertz CT molecular complexity index is 799. The highest BCUT2D eigenvalue weighted by molar-refractivity contribution is 5.95. The average molecular weight is 418 g/mol. The summed E-state index contributed by atoms with van der Waals surface area (Å²) in [5.74, 6) is -0.0734. The lowest BCUT2D eigenvalue weighted by Crippen LogP contribution is -2.37. The lowest BCUT2D eigenvalue weighted by Gasteiger charge is -2.14. The van der Waals surface area contributed by atoms with E-state index in [9.17, 15) is 18.0 Å². The predicted octanol–water partition coefficient (Wildman–Crippen LogP) is 3.31. The van der Waals surface area contributed by atoms with E-state index in [1.807, 2.05) is 13.8 Å². The van der Waals surface area contributed by atoms with Crippen molar-refractivity contribution in [3.63, 3.8) is 0 Å².